The molecule has 0 aromatic heterocycles. The van der Waals surface area contributed by atoms with E-state index in [1.165, 1.54) is 6.07 Å². The number of amides is 1. The standard InChI is InChI=1S/C15H16FNO4/c1-15(2,3)21-14(20)17-8-4-5-10-6-7-11(13(18)19)12(16)9-10/h6-7,9H,8H2,1-3H3,(H,17,20)(H,18,19). The van der Waals surface area contributed by atoms with E-state index in [0.717, 1.165) is 12.1 Å². The van der Waals surface area contributed by atoms with Crippen LogP contribution in [-0.4, -0.2) is 29.3 Å². The van der Waals surface area contributed by atoms with Crippen LogP contribution in [-0.2, 0) is 4.74 Å². The van der Waals surface area contributed by atoms with Gasteiger partial charge in [0.2, 0.25) is 0 Å². The predicted molar refractivity (Wildman–Crippen MR) is 74.5 cm³/mol. The fourth-order valence-corrected chi connectivity index (χ4v) is 1.34. The van der Waals surface area contributed by atoms with E-state index in [-0.39, 0.29) is 6.54 Å². The van der Waals surface area contributed by atoms with Gasteiger partial charge in [0.1, 0.15) is 11.4 Å². The van der Waals surface area contributed by atoms with Crippen LogP contribution in [0, 0.1) is 17.7 Å². The summed E-state index contributed by atoms with van der Waals surface area (Å²) >= 11 is 0. The third-order valence-corrected chi connectivity index (χ3v) is 2.15. The Labute approximate surface area is 122 Å². The van der Waals surface area contributed by atoms with Crippen molar-refractivity contribution in [2.45, 2.75) is 26.4 Å². The molecule has 0 heterocycles. The molecule has 0 aliphatic rings. The van der Waals surface area contributed by atoms with Gasteiger partial charge in [-0.2, -0.15) is 0 Å². The highest BCUT2D eigenvalue weighted by Gasteiger charge is 2.15. The van der Waals surface area contributed by atoms with Crippen LogP contribution in [0.1, 0.15) is 36.7 Å². The van der Waals surface area contributed by atoms with E-state index in [9.17, 15) is 14.0 Å². The maximum Gasteiger partial charge on any atom is 0.408 e. The third kappa shape index (κ3) is 5.95. The number of aromatic carboxylic acids is 1. The highest BCUT2D eigenvalue weighted by molar-refractivity contribution is 5.88. The molecule has 0 spiro atoms. The Morgan fingerprint density at radius 1 is 1.38 bits per heavy atom. The van der Waals surface area contributed by atoms with Gasteiger partial charge >= 0.3 is 12.1 Å². The summed E-state index contributed by atoms with van der Waals surface area (Å²) < 4.78 is 18.4. The number of carboxylic acid groups (broad SMARTS) is 1. The second-order valence-corrected chi connectivity index (χ2v) is 5.16. The van der Waals surface area contributed by atoms with E-state index in [4.69, 9.17) is 9.84 Å². The lowest BCUT2D eigenvalue weighted by molar-refractivity contribution is 0.0534. The molecule has 1 aromatic rings. The van der Waals surface area contributed by atoms with E-state index in [2.05, 4.69) is 17.2 Å². The normalized spacial score (nSPS) is 10.3. The highest BCUT2D eigenvalue weighted by Crippen LogP contribution is 2.09. The molecule has 1 amide bonds. The molecule has 21 heavy (non-hydrogen) atoms. The van der Waals surface area contributed by atoms with Gasteiger partial charge in [-0.25, -0.2) is 14.0 Å². The summed E-state index contributed by atoms with van der Waals surface area (Å²) in [6.45, 7) is 5.26. The molecule has 0 fully saturated rings. The first-order valence-electron chi connectivity index (χ1n) is 6.17. The summed E-state index contributed by atoms with van der Waals surface area (Å²) in [5.41, 5.74) is -0.677. The molecule has 0 saturated carbocycles. The van der Waals surface area contributed by atoms with Gasteiger partial charge in [0.25, 0.3) is 0 Å². The minimum absolute atomic E-state index is 0.0389. The molecule has 0 unspecified atom stereocenters. The summed E-state index contributed by atoms with van der Waals surface area (Å²) in [7, 11) is 0. The summed E-state index contributed by atoms with van der Waals surface area (Å²) in [5.74, 6) is 3.05. The molecule has 0 saturated heterocycles. The number of hydrogen-bond donors (Lipinski definition) is 2. The van der Waals surface area contributed by atoms with E-state index >= 15 is 0 Å². The van der Waals surface area contributed by atoms with Gasteiger partial charge in [-0.15, -0.1) is 0 Å². The van der Waals surface area contributed by atoms with Crippen molar-refractivity contribution in [2.24, 2.45) is 0 Å². The van der Waals surface area contributed by atoms with Gasteiger partial charge < -0.3 is 15.2 Å². The quantitative estimate of drug-likeness (QED) is 0.821. The van der Waals surface area contributed by atoms with Crippen LogP contribution in [0.5, 0.6) is 0 Å². The number of nitrogens with one attached hydrogen (secondary N) is 1. The van der Waals surface area contributed by atoms with Gasteiger partial charge in [0.05, 0.1) is 12.1 Å². The van der Waals surface area contributed by atoms with Crippen LogP contribution in [0.2, 0.25) is 0 Å². The fraction of sp³-hybridized carbons (Fsp3) is 0.333. The molecule has 0 atom stereocenters. The number of carboxylic acids is 1. The van der Waals surface area contributed by atoms with E-state index in [0.29, 0.717) is 5.56 Å². The Balaban J connectivity index is 2.58. The van der Waals surface area contributed by atoms with Gasteiger partial charge in [0, 0.05) is 5.56 Å². The Kier molecular flexibility index (Phi) is 5.30. The molecule has 0 aliphatic heterocycles. The van der Waals surface area contributed by atoms with Crippen LogP contribution < -0.4 is 5.32 Å². The van der Waals surface area contributed by atoms with Crippen molar-refractivity contribution in [2.75, 3.05) is 6.54 Å². The topological polar surface area (TPSA) is 75.6 Å². The number of hydrogen-bond acceptors (Lipinski definition) is 3. The second kappa shape index (κ2) is 6.75. The Hall–Kier alpha value is -2.55. The molecule has 6 heteroatoms. The van der Waals surface area contributed by atoms with Crippen molar-refractivity contribution in [3.8, 4) is 11.8 Å². The van der Waals surface area contributed by atoms with Crippen molar-refractivity contribution < 1.29 is 23.8 Å². The van der Waals surface area contributed by atoms with Gasteiger partial charge in [-0.05, 0) is 39.0 Å². The van der Waals surface area contributed by atoms with E-state index in [1.54, 1.807) is 20.8 Å². The van der Waals surface area contributed by atoms with E-state index < -0.39 is 29.0 Å². The molecule has 112 valence electrons. The van der Waals surface area contributed by atoms with Gasteiger partial charge in [0.15, 0.2) is 0 Å². The van der Waals surface area contributed by atoms with Crippen molar-refractivity contribution in [1.82, 2.24) is 5.32 Å². The monoisotopic (exact) mass is 293 g/mol. The molecule has 1 rings (SSSR count). The molecule has 1 aromatic carbocycles. The zero-order valence-electron chi connectivity index (χ0n) is 12.0. The fourth-order valence-electron chi connectivity index (χ4n) is 1.34. The molecular weight excluding hydrogens is 277 g/mol. The Morgan fingerprint density at radius 2 is 2.05 bits per heavy atom. The number of halogens is 1. The first-order valence-corrected chi connectivity index (χ1v) is 6.17. The summed E-state index contributed by atoms with van der Waals surface area (Å²) in [6, 6.07) is 3.57. The summed E-state index contributed by atoms with van der Waals surface area (Å²) in [4.78, 5) is 22.0. The zero-order chi connectivity index (χ0) is 16.0. The lowest BCUT2D eigenvalue weighted by atomic mass is 10.1. The first-order chi connectivity index (χ1) is 9.69. The molecular formula is C15H16FNO4. The van der Waals surface area contributed by atoms with Crippen LogP contribution in [0.3, 0.4) is 0 Å². The first kappa shape index (κ1) is 16.5. The molecule has 0 aliphatic carbocycles. The minimum atomic E-state index is -1.33. The molecule has 2 N–H and O–H groups in total. The van der Waals surface area contributed by atoms with Crippen molar-refractivity contribution in [1.29, 1.82) is 0 Å². The average Bonchev–Trinajstić information content (AvgIpc) is 2.32. The van der Waals surface area contributed by atoms with Crippen molar-refractivity contribution in [3.63, 3.8) is 0 Å². The highest BCUT2D eigenvalue weighted by atomic mass is 19.1. The van der Waals surface area contributed by atoms with Gasteiger partial charge in [-0.1, -0.05) is 11.8 Å². The number of rotatable bonds is 2. The number of carbonyl (C=O) groups is 2. The van der Waals surface area contributed by atoms with Crippen molar-refractivity contribution in [3.05, 3.63) is 35.1 Å². The molecule has 0 radical (unpaired) electrons. The zero-order valence-corrected chi connectivity index (χ0v) is 12.0. The molecule has 0 bridgehead atoms. The van der Waals surface area contributed by atoms with Crippen LogP contribution in [0.15, 0.2) is 18.2 Å². The number of benzene rings is 1. The van der Waals surface area contributed by atoms with Crippen molar-refractivity contribution >= 4 is 12.1 Å². The number of ether oxygens (including phenoxy) is 1. The van der Waals surface area contributed by atoms with Gasteiger partial charge in [-0.3, -0.25) is 0 Å². The molecule has 5 nitrogen and oxygen atoms in total. The van der Waals surface area contributed by atoms with E-state index in [1.807, 2.05) is 0 Å². The SMILES string of the molecule is CC(C)(C)OC(=O)NCC#Cc1ccc(C(=O)O)c(F)c1. The summed E-state index contributed by atoms with van der Waals surface area (Å²) in [6.07, 6.45) is -0.593. The predicted octanol–water partition coefficient (Wildman–Crippen LogP) is 2.40. The van der Waals surface area contributed by atoms with Crippen LogP contribution in [0.4, 0.5) is 9.18 Å². The maximum atomic E-state index is 13.4. The summed E-state index contributed by atoms with van der Waals surface area (Å²) in [5, 5.41) is 11.1. The minimum Gasteiger partial charge on any atom is -0.478 e. The lowest BCUT2D eigenvalue weighted by Crippen LogP contribution is -2.32. The smallest absolute Gasteiger partial charge is 0.408 e. The second-order valence-electron chi connectivity index (χ2n) is 5.16. The largest absolute Gasteiger partial charge is 0.478 e. The van der Waals surface area contributed by atoms with Crippen LogP contribution in [0.25, 0.3) is 0 Å². The Bertz CT molecular complexity index is 608. The number of alkyl carbamates (subject to hydrolysis) is 1. The Morgan fingerprint density at radius 3 is 2.57 bits per heavy atom. The maximum absolute atomic E-state index is 13.4. The number of carbonyl (C=O) groups excluding carboxylic acids is 1. The lowest BCUT2D eigenvalue weighted by Gasteiger charge is -2.18. The average molecular weight is 293 g/mol. The third-order valence-electron chi connectivity index (χ3n) is 2.15. The van der Waals surface area contributed by atoms with Crippen LogP contribution >= 0.6 is 0 Å².